The molecule has 0 atom stereocenters. The van der Waals surface area contributed by atoms with Gasteiger partial charge in [-0.3, -0.25) is 0 Å². The predicted octanol–water partition coefficient (Wildman–Crippen LogP) is 5.95. The first kappa shape index (κ1) is 16.1. The van der Waals surface area contributed by atoms with Crippen molar-refractivity contribution in [2.45, 2.75) is 6.04 Å². The van der Waals surface area contributed by atoms with E-state index in [4.69, 9.17) is 0 Å². The molecular formula is C24H20N2. The van der Waals surface area contributed by atoms with E-state index in [-0.39, 0.29) is 6.04 Å². The van der Waals surface area contributed by atoms with Crippen LogP contribution in [0.5, 0.6) is 0 Å². The zero-order chi connectivity index (χ0) is 17.6. The van der Waals surface area contributed by atoms with E-state index in [0.29, 0.717) is 0 Å². The third-order valence-electron chi connectivity index (χ3n) is 4.44. The summed E-state index contributed by atoms with van der Waals surface area (Å²) < 4.78 is 0. The maximum atomic E-state index is 4.63. The first-order valence-corrected chi connectivity index (χ1v) is 8.79. The lowest BCUT2D eigenvalue weighted by molar-refractivity contribution is 0.927. The van der Waals surface area contributed by atoms with Gasteiger partial charge in [0.2, 0.25) is 0 Å². The van der Waals surface area contributed by atoms with Crippen LogP contribution in [0, 0.1) is 0 Å². The van der Waals surface area contributed by atoms with Crippen LogP contribution in [0.2, 0.25) is 0 Å². The Hall–Kier alpha value is -3.39. The molecule has 2 heteroatoms. The second kappa shape index (κ2) is 7.66. The van der Waals surface area contributed by atoms with Gasteiger partial charge in [-0.15, -0.1) is 0 Å². The highest BCUT2D eigenvalue weighted by Crippen LogP contribution is 2.31. The molecule has 4 aromatic rings. The van der Waals surface area contributed by atoms with E-state index in [1.165, 1.54) is 11.1 Å². The summed E-state index contributed by atoms with van der Waals surface area (Å²) in [6, 6.07) is 35.5. The van der Waals surface area contributed by atoms with Crippen LogP contribution in [0.25, 0.3) is 11.1 Å². The van der Waals surface area contributed by atoms with Crippen LogP contribution in [-0.2, 0) is 0 Å². The van der Waals surface area contributed by atoms with Gasteiger partial charge in [-0.1, -0.05) is 91.0 Å². The summed E-state index contributed by atoms with van der Waals surface area (Å²) in [7, 11) is 0. The van der Waals surface area contributed by atoms with Crippen LogP contribution in [0.3, 0.4) is 0 Å². The number of hydrogen-bond donors (Lipinski definition) is 1. The van der Waals surface area contributed by atoms with Crippen molar-refractivity contribution in [3.8, 4) is 11.1 Å². The minimum absolute atomic E-state index is 0.0368. The lowest BCUT2D eigenvalue weighted by Gasteiger charge is -2.22. The number of pyridine rings is 1. The molecule has 3 aromatic carbocycles. The summed E-state index contributed by atoms with van der Waals surface area (Å²) in [6.07, 6.45) is 1.84. The highest BCUT2D eigenvalue weighted by Gasteiger charge is 2.16. The standard InChI is InChI=1S/C24H20N2/c1-4-11-19(12-5-1)22-17-10-18-25-24(22)26-23(20-13-6-2-7-14-20)21-15-8-3-9-16-21/h1-18,23H,(H,25,26). The zero-order valence-corrected chi connectivity index (χ0v) is 14.4. The lowest BCUT2D eigenvalue weighted by Crippen LogP contribution is -2.13. The molecule has 0 aliphatic rings. The molecule has 0 spiro atoms. The summed E-state index contributed by atoms with van der Waals surface area (Å²) in [4.78, 5) is 4.63. The normalized spacial score (nSPS) is 10.7. The summed E-state index contributed by atoms with van der Waals surface area (Å²) in [5.74, 6) is 0.886. The van der Waals surface area contributed by atoms with Gasteiger partial charge in [0.1, 0.15) is 5.82 Å². The molecule has 4 rings (SSSR count). The Morgan fingerprint density at radius 3 is 1.69 bits per heavy atom. The van der Waals surface area contributed by atoms with Crippen LogP contribution in [0.15, 0.2) is 109 Å². The molecule has 26 heavy (non-hydrogen) atoms. The van der Waals surface area contributed by atoms with E-state index in [2.05, 4.69) is 89.2 Å². The second-order valence-corrected chi connectivity index (χ2v) is 6.16. The van der Waals surface area contributed by atoms with Gasteiger partial charge in [0.15, 0.2) is 0 Å². The number of aromatic nitrogens is 1. The number of rotatable bonds is 5. The molecule has 0 saturated carbocycles. The van der Waals surface area contributed by atoms with Crippen LogP contribution >= 0.6 is 0 Å². The predicted molar refractivity (Wildman–Crippen MR) is 108 cm³/mol. The van der Waals surface area contributed by atoms with Gasteiger partial charge in [-0.2, -0.15) is 0 Å². The maximum absolute atomic E-state index is 4.63. The van der Waals surface area contributed by atoms with E-state index < -0.39 is 0 Å². The van der Waals surface area contributed by atoms with E-state index >= 15 is 0 Å². The molecule has 1 aromatic heterocycles. The highest BCUT2D eigenvalue weighted by atomic mass is 15.0. The molecule has 0 bridgehead atoms. The minimum Gasteiger partial charge on any atom is -0.359 e. The van der Waals surface area contributed by atoms with Crippen molar-refractivity contribution >= 4 is 5.82 Å². The van der Waals surface area contributed by atoms with Crippen molar-refractivity contribution in [1.29, 1.82) is 0 Å². The zero-order valence-electron chi connectivity index (χ0n) is 14.4. The second-order valence-electron chi connectivity index (χ2n) is 6.16. The molecule has 0 aliphatic heterocycles. The molecular weight excluding hydrogens is 316 g/mol. The smallest absolute Gasteiger partial charge is 0.134 e. The Morgan fingerprint density at radius 1 is 0.577 bits per heavy atom. The van der Waals surface area contributed by atoms with Gasteiger partial charge in [0.25, 0.3) is 0 Å². The van der Waals surface area contributed by atoms with E-state index in [9.17, 15) is 0 Å². The topological polar surface area (TPSA) is 24.9 Å². The fourth-order valence-corrected chi connectivity index (χ4v) is 3.16. The van der Waals surface area contributed by atoms with Gasteiger partial charge < -0.3 is 5.32 Å². The fraction of sp³-hybridized carbons (Fsp3) is 0.0417. The Bertz CT molecular complexity index is 911. The first-order valence-electron chi connectivity index (χ1n) is 8.79. The SMILES string of the molecule is c1ccc(-c2cccnc2NC(c2ccccc2)c2ccccc2)cc1. The number of nitrogens with zero attached hydrogens (tertiary/aromatic N) is 1. The molecule has 2 nitrogen and oxygen atoms in total. The maximum Gasteiger partial charge on any atom is 0.134 e. The van der Waals surface area contributed by atoms with Crippen LogP contribution in [0.1, 0.15) is 17.2 Å². The van der Waals surface area contributed by atoms with Crippen molar-refractivity contribution < 1.29 is 0 Å². The number of nitrogens with one attached hydrogen (secondary N) is 1. The van der Waals surface area contributed by atoms with Crippen molar-refractivity contribution in [2.75, 3.05) is 5.32 Å². The fourth-order valence-electron chi connectivity index (χ4n) is 3.16. The molecule has 0 fully saturated rings. The van der Waals surface area contributed by atoms with Crippen LogP contribution < -0.4 is 5.32 Å². The average molecular weight is 336 g/mol. The van der Waals surface area contributed by atoms with Crippen molar-refractivity contribution in [3.63, 3.8) is 0 Å². The first-order chi connectivity index (χ1) is 12.9. The van der Waals surface area contributed by atoms with Crippen molar-refractivity contribution in [3.05, 3.63) is 120 Å². The van der Waals surface area contributed by atoms with Crippen molar-refractivity contribution in [1.82, 2.24) is 4.98 Å². The quantitative estimate of drug-likeness (QED) is 0.487. The molecule has 126 valence electrons. The summed E-state index contributed by atoms with van der Waals surface area (Å²) >= 11 is 0. The Labute approximate surface area is 154 Å². The molecule has 0 radical (unpaired) electrons. The molecule has 0 aliphatic carbocycles. The van der Waals surface area contributed by atoms with Gasteiger partial charge in [0, 0.05) is 11.8 Å². The third-order valence-corrected chi connectivity index (χ3v) is 4.44. The Balaban J connectivity index is 1.76. The molecule has 0 amide bonds. The van der Waals surface area contributed by atoms with Crippen LogP contribution in [-0.4, -0.2) is 4.98 Å². The number of benzene rings is 3. The monoisotopic (exact) mass is 336 g/mol. The molecule has 1 N–H and O–H groups in total. The Kier molecular flexibility index (Phi) is 4.74. The summed E-state index contributed by atoms with van der Waals surface area (Å²) in [6.45, 7) is 0. The lowest BCUT2D eigenvalue weighted by atomic mass is 9.98. The molecule has 0 saturated heterocycles. The van der Waals surface area contributed by atoms with Crippen molar-refractivity contribution in [2.24, 2.45) is 0 Å². The molecule has 1 heterocycles. The van der Waals surface area contributed by atoms with Gasteiger partial charge >= 0.3 is 0 Å². The van der Waals surface area contributed by atoms with E-state index in [1.54, 1.807) is 0 Å². The summed E-state index contributed by atoms with van der Waals surface area (Å²) in [5, 5.41) is 3.67. The van der Waals surface area contributed by atoms with Gasteiger partial charge in [0.05, 0.1) is 6.04 Å². The number of anilines is 1. The summed E-state index contributed by atoms with van der Waals surface area (Å²) in [5.41, 5.74) is 4.68. The molecule has 0 unspecified atom stereocenters. The third kappa shape index (κ3) is 3.50. The van der Waals surface area contributed by atoms with E-state index in [0.717, 1.165) is 16.9 Å². The Morgan fingerprint density at radius 2 is 1.12 bits per heavy atom. The van der Waals surface area contributed by atoms with Gasteiger partial charge in [-0.05, 0) is 28.8 Å². The minimum atomic E-state index is 0.0368. The average Bonchev–Trinajstić information content (AvgIpc) is 2.74. The highest BCUT2D eigenvalue weighted by molar-refractivity contribution is 5.75. The van der Waals surface area contributed by atoms with E-state index in [1.807, 2.05) is 30.5 Å². The number of hydrogen-bond acceptors (Lipinski definition) is 2. The van der Waals surface area contributed by atoms with Gasteiger partial charge in [-0.25, -0.2) is 4.98 Å². The van der Waals surface area contributed by atoms with Crippen LogP contribution in [0.4, 0.5) is 5.82 Å². The largest absolute Gasteiger partial charge is 0.359 e.